The minimum absolute atomic E-state index is 0.0158. The van der Waals surface area contributed by atoms with Crippen LogP contribution in [-0.2, 0) is 0 Å². The molecule has 2 N–H and O–H groups in total. The third-order valence-electron chi connectivity index (χ3n) is 4.13. The molecule has 0 saturated heterocycles. The van der Waals surface area contributed by atoms with E-state index < -0.39 is 24.6 Å². The molecule has 0 amide bonds. The summed E-state index contributed by atoms with van der Waals surface area (Å²) in [4.78, 5) is 8.04. The van der Waals surface area contributed by atoms with Crippen molar-refractivity contribution >= 4 is 35.3 Å². The SMILES string of the molecule is FC(F)C(F)(F)Oc1ccc(Nc2cc(Cl)nc(N/N=C/c3ccc4c(c3)OC(F)(F)O4)n2)cc1. The van der Waals surface area contributed by atoms with Gasteiger partial charge in [0.15, 0.2) is 11.5 Å². The minimum atomic E-state index is -4.62. The molecule has 4 rings (SSSR count). The number of nitrogens with one attached hydrogen (secondary N) is 2. The van der Waals surface area contributed by atoms with Gasteiger partial charge in [-0.15, -0.1) is 8.78 Å². The third-order valence-corrected chi connectivity index (χ3v) is 4.33. The summed E-state index contributed by atoms with van der Waals surface area (Å²) in [6.07, 6.45) is -11.1. The predicted molar refractivity (Wildman–Crippen MR) is 112 cm³/mol. The van der Waals surface area contributed by atoms with Crippen LogP contribution in [0.4, 0.5) is 43.8 Å². The molecule has 0 saturated carbocycles. The second-order valence-electron chi connectivity index (χ2n) is 6.76. The van der Waals surface area contributed by atoms with Crippen molar-refractivity contribution in [3.63, 3.8) is 0 Å². The average Bonchev–Trinajstić information content (AvgIpc) is 3.07. The molecule has 0 radical (unpaired) electrons. The van der Waals surface area contributed by atoms with Crippen LogP contribution >= 0.6 is 11.6 Å². The van der Waals surface area contributed by atoms with Crippen LogP contribution in [0.2, 0.25) is 5.15 Å². The topological polar surface area (TPSA) is 89.9 Å². The van der Waals surface area contributed by atoms with Gasteiger partial charge in [0.1, 0.15) is 16.7 Å². The summed E-state index contributed by atoms with van der Waals surface area (Å²) in [7, 11) is 0. The molecule has 35 heavy (non-hydrogen) atoms. The van der Waals surface area contributed by atoms with Gasteiger partial charge in [0.2, 0.25) is 5.95 Å². The monoisotopic (exact) mass is 519 g/mol. The maximum absolute atomic E-state index is 13.1. The number of rotatable bonds is 8. The second-order valence-corrected chi connectivity index (χ2v) is 7.14. The summed E-state index contributed by atoms with van der Waals surface area (Å²) in [6.45, 7) is 0. The van der Waals surface area contributed by atoms with E-state index in [2.05, 4.69) is 40.0 Å². The number of hydrogen-bond acceptors (Lipinski definition) is 8. The summed E-state index contributed by atoms with van der Waals surface area (Å²) in [5, 5.41) is 6.74. The second kappa shape index (κ2) is 9.37. The van der Waals surface area contributed by atoms with Crippen molar-refractivity contribution in [2.45, 2.75) is 18.8 Å². The molecular formula is C20H12ClF6N5O3. The largest absolute Gasteiger partial charge is 0.586 e. The van der Waals surface area contributed by atoms with Crippen LogP contribution in [0.3, 0.4) is 0 Å². The molecule has 0 spiro atoms. The molecule has 8 nitrogen and oxygen atoms in total. The highest BCUT2D eigenvalue weighted by Gasteiger charge is 2.44. The highest BCUT2D eigenvalue weighted by molar-refractivity contribution is 6.29. The van der Waals surface area contributed by atoms with Gasteiger partial charge in [-0.05, 0) is 48.0 Å². The molecular weight excluding hydrogens is 508 g/mol. The van der Waals surface area contributed by atoms with Crippen LogP contribution in [0.5, 0.6) is 17.2 Å². The zero-order valence-electron chi connectivity index (χ0n) is 17.0. The zero-order chi connectivity index (χ0) is 25.2. The maximum Gasteiger partial charge on any atom is 0.586 e. The van der Waals surface area contributed by atoms with Crippen LogP contribution in [0.25, 0.3) is 0 Å². The van der Waals surface area contributed by atoms with E-state index in [1.807, 2.05) is 0 Å². The van der Waals surface area contributed by atoms with E-state index >= 15 is 0 Å². The summed E-state index contributed by atoms with van der Waals surface area (Å²) in [6, 6.07) is 10.1. The van der Waals surface area contributed by atoms with Crippen LogP contribution in [0.1, 0.15) is 5.56 Å². The van der Waals surface area contributed by atoms with Gasteiger partial charge in [0.05, 0.1) is 6.21 Å². The summed E-state index contributed by atoms with van der Waals surface area (Å²) in [5.74, 6) is -0.597. The molecule has 2 aromatic carbocycles. The summed E-state index contributed by atoms with van der Waals surface area (Å²) < 4.78 is 89.3. The Hall–Kier alpha value is -3.94. The lowest BCUT2D eigenvalue weighted by molar-refractivity contribution is -0.286. The van der Waals surface area contributed by atoms with E-state index in [1.165, 1.54) is 42.6 Å². The number of fused-ring (bicyclic) bond motifs is 1. The lowest BCUT2D eigenvalue weighted by atomic mass is 10.2. The molecule has 2 heterocycles. The third kappa shape index (κ3) is 6.15. The first-order valence-corrected chi connectivity index (χ1v) is 9.82. The molecule has 0 aliphatic carbocycles. The quantitative estimate of drug-likeness (QED) is 0.166. The van der Waals surface area contributed by atoms with Crippen molar-refractivity contribution in [1.82, 2.24) is 9.97 Å². The Morgan fingerprint density at radius 3 is 2.46 bits per heavy atom. The van der Waals surface area contributed by atoms with E-state index in [-0.39, 0.29) is 28.4 Å². The van der Waals surface area contributed by atoms with Gasteiger partial charge in [-0.3, -0.25) is 0 Å². The number of hydrazone groups is 1. The van der Waals surface area contributed by atoms with Gasteiger partial charge in [-0.1, -0.05) is 11.6 Å². The first-order valence-electron chi connectivity index (χ1n) is 9.45. The van der Waals surface area contributed by atoms with Crippen LogP contribution in [0.15, 0.2) is 53.6 Å². The first kappa shape index (κ1) is 24.2. The fourth-order valence-electron chi connectivity index (χ4n) is 2.70. The van der Waals surface area contributed by atoms with Crippen LogP contribution in [-0.4, -0.2) is 35.0 Å². The average molecular weight is 520 g/mol. The zero-order valence-corrected chi connectivity index (χ0v) is 17.7. The van der Waals surface area contributed by atoms with Crippen molar-refractivity contribution in [1.29, 1.82) is 0 Å². The van der Waals surface area contributed by atoms with Crippen LogP contribution in [0, 0.1) is 0 Å². The lowest BCUT2D eigenvalue weighted by Gasteiger charge is -2.17. The fourth-order valence-corrected chi connectivity index (χ4v) is 2.88. The molecule has 15 heteroatoms. The van der Waals surface area contributed by atoms with Crippen molar-refractivity contribution in [3.8, 4) is 17.2 Å². The molecule has 1 aliphatic rings. The number of benzene rings is 2. The normalized spacial score (nSPS) is 14.4. The number of alkyl halides is 6. The van der Waals surface area contributed by atoms with Crippen molar-refractivity contribution < 1.29 is 40.6 Å². The van der Waals surface area contributed by atoms with E-state index in [1.54, 1.807) is 0 Å². The van der Waals surface area contributed by atoms with Crippen molar-refractivity contribution in [2.75, 3.05) is 10.7 Å². The number of ether oxygens (including phenoxy) is 3. The van der Waals surface area contributed by atoms with Crippen LogP contribution < -0.4 is 25.0 Å². The standard InChI is InChI=1S/C20H12ClF6N5O3/c21-15-8-16(29-11-2-4-12(5-3-11)33-19(24,25)17(22)23)31-18(30-15)32-28-9-10-1-6-13-14(7-10)35-20(26,27)34-13/h1-9,17H,(H2,29,30,31,32)/b28-9+. The molecule has 0 fully saturated rings. The molecule has 0 bridgehead atoms. The maximum atomic E-state index is 13.1. The fraction of sp³-hybridized carbons (Fsp3) is 0.150. The lowest BCUT2D eigenvalue weighted by Crippen LogP contribution is -2.33. The first-order chi connectivity index (χ1) is 16.5. The van der Waals surface area contributed by atoms with Gasteiger partial charge < -0.3 is 19.5 Å². The molecule has 1 aromatic heterocycles. The van der Waals surface area contributed by atoms with Gasteiger partial charge in [-0.2, -0.15) is 32.6 Å². The Bertz CT molecular complexity index is 1250. The molecule has 1 aliphatic heterocycles. The minimum Gasteiger partial charge on any atom is -0.428 e. The van der Waals surface area contributed by atoms with Gasteiger partial charge in [0.25, 0.3) is 0 Å². The van der Waals surface area contributed by atoms with Gasteiger partial charge in [0, 0.05) is 11.8 Å². The highest BCUT2D eigenvalue weighted by atomic mass is 35.5. The number of nitrogens with zero attached hydrogens (tertiary/aromatic N) is 3. The molecule has 3 aromatic rings. The Morgan fingerprint density at radius 2 is 1.74 bits per heavy atom. The Labute approximate surface area is 197 Å². The highest BCUT2D eigenvalue weighted by Crippen LogP contribution is 2.41. The number of hydrogen-bond donors (Lipinski definition) is 2. The smallest absolute Gasteiger partial charge is 0.428 e. The summed E-state index contributed by atoms with van der Waals surface area (Å²) in [5.41, 5.74) is 3.26. The molecule has 184 valence electrons. The molecule has 0 unspecified atom stereocenters. The van der Waals surface area contributed by atoms with E-state index in [4.69, 9.17) is 11.6 Å². The van der Waals surface area contributed by atoms with E-state index in [0.717, 1.165) is 12.1 Å². The Balaban J connectivity index is 1.40. The number of anilines is 3. The van der Waals surface area contributed by atoms with Gasteiger partial charge in [-0.25, -0.2) is 5.43 Å². The number of halogens is 7. The van der Waals surface area contributed by atoms with E-state index in [9.17, 15) is 26.3 Å². The van der Waals surface area contributed by atoms with Crippen molar-refractivity contribution in [3.05, 3.63) is 59.2 Å². The Morgan fingerprint density at radius 1 is 1.03 bits per heavy atom. The van der Waals surface area contributed by atoms with Crippen molar-refractivity contribution in [2.24, 2.45) is 5.10 Å². The van der Waals surface area contributed by atoms with E-state index in [0.29, 0.717) is 11.3 Å². The predicted octanol–water partition coefficient (Wildman–Crippen LogP) is 5.88. The molecule has 0 atom stereocenters. The number of aromatic nitrogens is 2. The Kier molecular flexibility index (Phi) is 6.47. The summed E-state index contributed by atoms with van der Waals surface area (Å²) >= 11 is 5.97. The van der Waals surface area contributed by atoms with Gasteiger partial charge >= 0.3 is 18.8 Å².